The Morgan fingerprint density at radius 1 is 1.07 bits per heavy atom. The summed E-state index contributed by atoms with van der Waals surface area (Å²) in [6.45, 7) is 8.70. The van der Waals surface area contributed by atoms with E-state index in [-0.39, 0.29) is 5.56 Å². The van der Waals surface area contributed by atoms with Gasteiger partial charge in [-0.3, -0.25) is 14.8 Å². The number of aliphatic hydroxyl groups is 1. The number of carbonyl (C=O) groups is 2. The molecule has 0 heterocycles. The van der Waals surface area contributed by atoms with E-state index in [0.717, 1.165) is 0 Å². The Hall–Kier alpha value is -3.60. The van der Waals surface area contributed by atoms with Crippen molar-refractivity contribution in [3.05, 3.63) is 78.4 Å². The minimum atomic E-state index is -1.57. The molecule has 1 atom stereocenters. The molecule has 0 aromatic heterocycles. The minimum absolute atomic E-state index is 0.278. The zero-order valence-electron chi connectivity index (χ0n) is 16.4. The lowest BCUT2D eigenvalue weighted by molar-refractivity contribution is -0.136. The lowest BCUT2D eigenvalue weighted by atomic mass is 9.97. The Labute approximate surface area is 170 Å². The van der Waals surface area contributed by atoms with Gasteiger partial charge in [-0.25, -0.2) is 5.48 Å². The molecule has 152 valence electrons. The number of amides is 2. The van der Waals surface area contributed by atoms with Crippen molar-refractivity contribution in [2.45, 2.75) is 25.5 Å². The minimum Gasteiger partial charge on any atom is -0.398 e. The first-order chi connectivity index (χ1) is 13.7. The smallest absolute Gasteiger partial charge is 0.268 e. The van der Waals surface area contributed by atoms with Crippen molar-refractivity contribution in [1.82, 2.24) is 10.8 Å². The Morgan fingerprint density at radius 3 is 2.17 bits per heavy atom. The molecule has 7 heteroatoms. The summed E-state index contributed by atoms with van der Waals surface area (Å²) < 4.78 is 0. The second-order valence-electron chi connectivity index (χ2n) is 6.45. The average Bonchev–Trinajstić information content (AvgIpc) is 2.71. The van der Waals surface area contributed by atoms with Crippen LogP contribution in [0.4, 0.5) is 5.69 Å². The SMILES string of the molecule is C=C.CC(C)(O)[C@H](NC(=O)c1ccc(C#Cc2ccccc2N)cc1)C(=O)NO. The number of carbonyl (C=O) groups excluding carboxylic acids is 2. The van der Waals surface area contributed by atoms with Gasteiger partial charge in [0, 0.05) is 22.4 Å². The third-order valence-corrected chi connectivity index (χ3v) is 3.80. The normalized spacial score (nSPS) is 11.0. The van der Waals surface area contributed by atoms with E-state index < -0.39 is 23.5 Å². The average molecular weight is 395 g/mol. The van der Waals surface area contributed by atoms with Crippen LogP contribution >= 0.6 is 0 Å². The van der Waals surface area contributed by atoms with Crippen LogP contribution in [0, 0.1) is 11.8 Å². The first-order valence-corrected chi connectivity index (χ1v) is 8.66. The van der Waals surface area contributed by atoms with Crippen LogP contribution in [0.1, 0.15) is 35.3 Å². The van der Waals surface area contributed by atoms with Gasteiger partial charge in [0.25, 0.3) is 11.8 Å². The van der Waals surface area contributed by atoms with Gasteiger partial charge in [0.15, 0.2) is 0 Å². The number of para-hydroxylation sites is 1. The number of benzene rings is 2. The molecule has 2 aromatic rings. The van der Waals surface area contributed by atoms with E-state index in [4.69, 9.17) is 10.9 Å². The highest BCUT2D eigenvalue weighted by Gasteiger charge is 2.34. The van der Waals surface area contributed by atoms with E-state index in [0.29, 0.717) is 16.8 Å². The van der Waals surface area contributed by atoms with E-state index >= 15 is 0 Å². The van der Waals surface area contributed by atoms with Gasteiger partial charge in [0.1, 0.15) is 6.04 Å². The van der Waals surface area contributed by atoms with E-state index in [1.54, 1.807) is 30.3 Å². The quantitative estimate of drug-likeness (QED) is 0.178. The fourth-order valence-corrected chi connectivity index (χ4v) is 2.30. The molecule has 2 amide bonds. The van der Waals surface area contributed by atoms with Gasteiger partial charge in [-0.15, -0.1) is 13.2 Å². The van der Waals surface area contributed by atoms with Crippen LogP contribution in [0.3, 0.4) is 0 Å². The molecule has 2 aromatic carbocycles. The molecule has 0 saturated carbocycles. The molecule has 2 rings (SSSR count). The van der Waals surface area contributed by atoms with Crippen molar-refractivity contribution in [2.75, 3.05) is 5.73 Å². The lowest BCUT2D eigenvalue weighted by Crippen LogP contribution is -2.57. The number of nitrogens with two attached hydrogens (primary N) is 1. The molecule has 6 N–H and O–H groups in total. The molecule has 0 unspecified atom stereocenters. The van der Waals surface area contributed by atoms with Gasteiger partial charge in [-0.2, -0.15) is 0 Å². The number of hydroxylamine groups is 1. The predicted octanol–water partition coefficient (Wildman–Crippen LogP) is 1.85. The standard InChI is InChI=1S/C20H21N3O4.C2H4/c1-20(2,26)17(19(25)23-27)22-18(24)15-11-8-13(9-12-15)7-10-14-5-3-4-6-16(14)21;1-2/h3-6,8-9,11-12,17,26-27H,21H2,1-2H3,(H,22,24)(H,23,25);1-2H2/t17-;/m1./s1. The van der Waals surface area contributed by atoms with Gasteiger partial charge in [0.05, 0.1) is 5.60 Å². The first kappa shape index (κ1) is 23.4. The Kier molecular flexibility index (Phi) is 8.62. The number of anilines is 1. The van der Waals surface area contributed by atoms with Crippen molar-refractivity contribution >= 4 is 17.5 Å². The van der Waals surface area contributed by atoms with Crippen molar-refractivity contribution in [3.8, 4) is 11.8 Å². The van der Waals surface area contributed by atoms with Gasteiger partial charge >= 0.3 is 0 Å². The lowest BCUT2D eigenvalue weighted by Gasteiger charge is -2.28. The molecule has 7 nitrogen and oxygen atoms in total. The summed E-state index contributed by atoms with van der Waals surface area (Å²) in [5.74, 6) is 4.44. The highest BCUT2D eigenvalue weighted by atomic mass is 16.5. The largest absolute Gasteiger partial charge is 0.398 e. The van der Waals surface area contributed by atoms with Crippen LogP contribution < -0.4 is 16.5 Å². The van der Waals surface area contributed by atoms with E-state index in [2.05, 4.69) is 30.3 Å². The van der Waals surface area contributed by atoms with Gasteiger partial charge in [0.2, 0.25) is 0 Å². The molecule has 0 bridgehead atoms. The number of nitrogens with one attached hydrogen (secondary N) is 2. The first-order valence-electron chi connectivity index (χ1n) is 8.66. The zero-order valence-corrected chi connectivity index (χ0v) is 16.4. The summed E-state index contributed by atoms with van der Waals surface area (Å²) in [5, 5.41) is 21.2. The summed E-state index contributed by atoms with van der Waals surface area (Å²) >= 11 is 0. The second-order valence-corrected chi connectivity index (χ2v) is 6.45. The van der Waals surface area contributed by atoms with Gasteiger partial charge in [-0.1, -0.05) is 24.0 Å². The zero-order chi connectivity index (χ0) is 22.0. The molecule has 0 fully saturated rings. The number of rotatable bonds is 4. The number of nitrogen functional groups attached to an aromatic ring is 1. The number of hydrogen-bond donors (Lipinski definition) is 5. The van der Waals surface area contributed by atoms with Crippen molar-refractivity contribution in [1.29, 1.82) is 0 Å². The van der Waals surface area contributed by atoms with Gasteiger partial charge < -0.3 is 16.2 Å². The molecule has 0 radical (unpaired) electrons. The molecular formula is C22H25N3O4. The Bertz CT molecular complexity index is 906. The molecule has 0 aliphatic heterocycles. The van der Waals surface area contributed by atoms with E-state index in [9.17, 15) is 14.7 Å². The van der Waals surface area contributed by atoms with Crippen molar-refractivity contribution < 1.29 is 19.9 Å². The van der Waals surface area contributed by atoms with Crippen LogP contribution in [0.15, 0.2) is 61.7 Å². The maximum Gasteiger partial charge on any atom is 0.268 e. The molecule has 29 heavy (non-hydrogen) atoms. The van der Waals surface area contributed by atoms with Crippen LogP contribution in [-0.4, -0.2) is 33.8 Å². The van der Waals surface area contributed by atoms with Crippen LogP contribution in [0.2, 0.25) is 0 Å². The second kappa shape index (κ2) is 10.7. The molecular weight excluding hydrogens is 370 g/mol. The fraction of sp³-hybridized carbons (Fsp3) is 0.182. The monoisotopic (exact) mass is 395 g/mol. The van der Waals surface area contributed by atoms with E-state index in [1.165, 1.54) is 19.3 Å². The maximum atomic E-state index is 12.3. The van der Waals surface area contributed by atoms with Crippen LogP contribution in [0.25, 0.3) is 0 Å². The highest BCUT2D eigenvalue weighted by molar-refractivity contribution is 5.97. The third kappa shape index (κ3) is 6.81. The topological polar surface area (TPSA) is 125 Å². The fourth-order valence-electron chi connectivity index (χ4n) is 2.30. The summed E-state index contributed by atoms with van der Waals surface area (Å²) in [5.41, 5.74) is 7.96. The van der Waals surface area contributed by atoms with Crippen molar-refractivity contribution in [2.24, 2.45) is 0 Å². The third-order valence-electron chi connectivity index (χ3n) is 3.80. The molecule has 0 spiro atoms. The van der Waals surface area contributed by atoms with Gasteiger partial charge in [-0.05, 0) is 50.2 Å². The summed E-state index contributed by atoms with van der Waals surface area (Å²) in [4.78, 5) is 24.0. The van der Waals surface area contributed by atoms with E-state index in [1.807, 2.05) is 18.2 Å². The molecule has 0 saturated heterocycles. The molecule has 0 aliphatic carbocycles. The molecule has 0 aliphatic rings. The summed E-state index contributed by atoms with van der Waals surface area (Å²) in [6.07, 6.45) is 0. The van der Waals surface area contributed by atoms with Crippen LogP contribution in [0.5, 0.6) is 0 Å². The Balaban J connectivity index is 0.00000204. The summed E-state index contributed by atoms with van der Waals surface area (Å²) in [6, 6.07) is 12.3. The number of hydrogen-bond acceptors (Lipinski definition) is 5. The summed E-state index contributed by atoms with van der Waals surface area (Å²) in [7, 11) is 0. The maximum absolute atomic E-state index is 12.3. The highest BCUT2D eigenvalue weighted by Crippen LogP contribution is 2.12. The Morgan fingerprint density at radius 2 is 1.66 bits per heavy atom. The van der Waals surface area contributed by atoms with Crippen LogP contribution in [-0.2, 0) is 4.79 Å². The predicted molar refractivity (Wildman–Crippen MR) is 112 cm³/mol. The van der Waals surface area contributed by atoms with Crippen molar-refractivity contribution in [3.63, 3.8) is 0 Å².